The Balaban J connectivity index is 1.90. The maximum atomic E-state index is 11.4. The largest absolute Gasteiger partial charge is 0.466 e. The molecule has 0 aromatic carbocycles. The van der Waals surface area contributed by atoms with E-state index in [1.165, 1.54) is 25.7 Å². The number of carbonyl (C=O) groups is 1. The summed E-state index contributed by atoms with van der Waals surface area (Å²) in [6.07, 6.45) is 7.46. The molecule has 1 aliphatic rings. The van der Waals surface area contributed by atoms with Crippen LogP contribution in [0.3, 0.4) is 0 Å². The Hall–Kier alpha value is -0.570. The van der Waals surface area contributed by atoms with Crippen LogP contribution in [0.4, 0.5) is 0 Å². The molecule has 1 heterocycles. The highest BCUT2D eigenvalue weighted by Gasteiger charge is 2.15. The minimum absolute atomic E-state index is 0.0107. The first-order valence-corrected chi connectivity index (χ1v) is 6.69. The number of hydrogen-bond acceptors (Lipinski definition) is 3. The first-order chi connectivity index (χ1) is 7.83. The summed E-state index contributed by atoms with van der Waals surface area (Å²) >= 11 is 0. The topological polar surface area (TPSA) is 38.3 Å². The van der Waals surface area contributed by atoms with Crippen molar-refractivity contribution in [2.75, 3.05) is 19.7 Å². The van der Waals surface area contributed by atoms with Gasteiger partial charge in [-0.2, -0.15) is 0 Å². The Morgan fingerprint density at radius 1 is 1.38 bits per heavy atom. The molecular formula is C13H25NO2. The molecule has 0 spiro atoms. The quantitative estimate of drug-likeness (QED) is 0.511. The normalized spacial score (nSPS) is 19.9. The second-order valence-corrected chi connectivity index (χ2v) is 4.68. The van der Waals surface area contributed by atoms with Crippen LogP contribution in [0.25, 0.3) is 0 Å². The van der Waals surface area contributed by atoms with Crippen LogP contribution in [-0.4, -0.2) is 25.7 Å². The van der Waals surface area contributed by atoms with Crippen molar-refractivity contribution in [3.63, 3.8) is 0 Å². The first-order valence-electron chi connectivity index (χ1n) is 6.69. The highest BCUT2D eigenvalue weighted by atomic mass is 16.5. The van der Waals surface area contributed by atoms with E-state index in [2.05, 4.69) is 12.2 Å². The van der Waals surface area contributed by atoms with Crippen molar-refractivity contribution in [3.05, 3.63) is 0 Å². The summed E-state index contributed by atoms with van der Waals surface area (Å²) < 4.78 is 5.19. The highest BCUT2D eigenvalue weighted by Crippen LogP contribution is 2.14. The van der Waals surface area contributed by atoms with Gasteiger partial charge in [0.1, 0.15) is 0 Å². The van der Waals surface area contributed by atoms with Gasteiger partial charge < -0.3 is 10.1 Å². The van der Waals surface area contributed by atoms with Gasteiger partial charge in [0, 0.05) is 6.42 Å². The van der Waals surface area contributed by atoms with Gasteiger partial charge in [0.15, 0.2) is 0 Å². The van der Waals surface area contributed by atoms with Crippen LogP contribution in [-0.2, 0) is 9.53 Å². The molecule has 94 valence electrons. The zero-order valence-corrected chi connectivity index (χ0v) is 10.5. The summed E-state index contributed by atoms with van der Waals surface area (Å²) in [6, 6.07) is 0. The molecule has 0 aromatic heterocycles. The molecule has 1 N–H and O–H groups in total. The van der Waals surface area contributed by atoms with Crippen molar-refractivity contribution >= 4 is 5.97 Å². The average molecular weight is 227 g/mol. The predicted octanol–water partition coefficient (Wildman–Crippen LogP) is 2.50. The van der Waals surface area contributed by atoms with E-state index in [1.54, 1.807) is 0 Å². The molecule has 0 radical (unpaired) electrons. The van der Waals surface area contributed by atoms with Crippen LogP contribution in [0, 0.1) is 5.92 Å². The van der Waals surface area contributed by atoms with Crippen molar-refractivity contribution < 1.29 is 9.53 Å². The van der Waals surface area contributed by atoms with Crippen molar-refractivity contribution in [1.29, 1.82) is 0 Å². The maximum Gasteiger partial charge on any atom is 0.305 e. The van der Waals surface area contributed by atoms with Gasteiger partial charge in [0.2, 0.25) is 0 Å². The summed E-state index contributed by atoms with van der Waals surface area (Å²) in [7, 11) is 0. The summed E-state index contributed by atoms with van der Waals surface area (Å²) in [5.74, 6) is 0.677. The summed E-state index contributed by atoms with van der Waals surface area (Å²) in [4.78, 5) is 11.4. The van der Waals surface area contributed by atoms with Crippen molar-refractivity contribution in [3.8, 4) is 0 Å². The van der Waals surface area contributed by atoms with Gasteiger partial charge in [0.05, 0.1) is 6.61 Å². The summed E-state index contributed by atoms with van der Waals surface area (Å²) in [5.41, 5.74) is 0. The van der Waals surface area contributed by atoms with Crippen LogP contribution in [0.15, 0.2) is 0 Å². The fourth-order valence-electron chi connectivity index (χ4n) is 2.07. The molecule has 1 saturated heterocycles. The molecule has 1 atom stereocenters. The number of ether oxygens (including phenoxy) is 1. The number of carbonyl (C=O) groups excluding carboxylic acids is 1. The monoisotopic (exact) mass is 227 g/mol. The molecule has 1 aliphatic heterocycles. The Morgan fingerprint density at radius 2 is 2.25 bits per heavy atom. The average Bonchev–Trinajstić information content (AvgIpc) is 2.79. The fourth-order valence-corrected chi connectivity index (χ4v) is 2.07. The van der Waals surface area contributed by atoms with Gasteiger partial charge in [-0.05, 0) is 38.3 Å². The lowest BCUT2D eigenvalue weighted by molar-refractivity contribution is -0.144. The molecule has 1 fully saturated rings. The standard InChI is InChI=1S/C13H25NO2/c1-2-3-4-5-10-16-13(15)7-6-12-8-9-14-11-12/h12,14H,2-11H2,1H3. The molecule has 16 heavy (non-hydrogen) atoms. The lowest BCUT2D eigenvalue weighted by Crippen LogP contribution is -2.12. The lowest BCUT2D eigenvalue weighted by Gasteiger charge is -2.08. The molecule has 0 aliphatic carbocycles. The summed E-state index contributed by atoms with van der Waals surface area (Å²) in [6.45, 7) is 4.98. The molecule has 0 amide bonds. The molecule has 0 aromatic rings. The Labute approximate surface area is 98.9 Å². The van der Waals surface area contributed by atoms with E-state index >= 15 is 0 Å². The molecule has 3 heteroatoms. The van der Waals surface area contributed by atoms with Crippen molar-refractivity contribution in [2.45, 2.75) is 51.9 Å². The minimum atomic E-state index is -0.0107. The third-order valence-corrected chi connectivity index (χ3v) is 3.18. The van der Waals surface area contributed by atoms with Gasteiger partial charge in [-0.3, -0.25) is 4.79 Å². The van der Waals surface area contributed by atoms with Gasteiger partial charge in [-0.25, -0.2) is 0 Å². The number of unbranched alkanes of at least 4 members (excludes halogenated alkanes) is 3. The van der Waals surface area contributed by atoms with E-state index in [9.17, 15) is 4.79 Å². The molecule has 1 rings (SSSR count). The Morgan fingerprint density at radius 3 is 2.94 bits per heavy atom. The number of nitrogens with one attached hydrogen (secondary N) is 1. The highest BCUT2D eigenvalue weighted by molar-refractivity contribution is 5.69. The first kappa shape index (κ1) is 13.5. The van der Waals surface area contributed by atoms with Crippen molar-refractivity contribution in [1.82, 2.24) is 5.32 Å². The summed E-state index contributed by atoms with van der Waals surface area (Å²) in [5, 5.41) is 3.31. The van der Waals surface area contributed by atoms with Crippen LogP contribution < -0.4 is 5.32 Å². The lowest BCUT2D eigenvalue weighted by atomic mass is 10.0. The third kappa shape index (κ3) is 6.11. The second-order valence-electron chi connectivity index (χ2n) is 4.68. The van der Waals surface area contributed by atoms with E-state index in [0.29, 0.717) is 18.9 Å². The molecule has 3 nitrogen and oxygen atoms in total. The molecular weight excluding hydrogens is 202 g/mol. The van der Waals surface area contributed by atoms with Gasteiger partial charge >= 0.3 is 5.97 Å². The van der Waals surface area contributed by atoms with E-state index in [1.807, 2.05) is 0 Å². The Bertz CT molecular complexity index is 188. The van der Waals surface area contributed by atoms with Gasteiger partial charge in [0.25, 0.3) is 0 Å². The second kappa shape index (κ2) is 8.57. The molecule has 0 saturated carbocycles. The number of rotatable bonds is 8. The number of hydrogen-bond donors (Lipinski definition) is 1. The fraction of sp³-hybridized carbons (Fsp3) is 0.923. The van der Waals surface area contributed by atoms with Gasteiger partial charge in [-0.15, -0.1) is 0 Å². The van der Waals surface area contributed by atoms with Crippen molar-refractivity contribution in [2.24, 2.45) is 5.92 Å². The van der Waals surface area contributed by atoms with E-state index in [4.69, 9.17) is 4.74 Å². The number of esters is 1. The smallest absolute Gasteiger partial charge is 0.305 e. The van der Waals surface area contributed by atoms with Crippen LogP contribution in [0.5, 0.6) is 0 Å². The van der Waals surface area contributed by atoms with Crippen LogP contribution >= 0.6 is 0 Å². The van der Waals surface area contributed by atoms with E-state index in [-0.39, 0.29) is 5.97 Å². The zero-order valence-electron chi connectivity index (χ0n) is 10.5. The SMILES string of the molecule is CCCCCCOC(=O)CCC1CCNC1. The Kier molecular flexibility index (Phi) is 7.23. The minimum Gasteiger partial charge on any atom is -0.466 e. The molecule has 0 bridgehead atoms. The van der Waals surface area contributed by atoms with E-state index in [0.717, 1.165) is 25.9 Å². The van der Waals surface area contributed by atoms with Crippen LogP contribution in [0.1, 0.15) is 51.9 Å². The van der Waals surface area contributed by atoms with Gasteiger partial charge in [-0.1, -0.05) is 26.2 Å². The maximum absolute atomic E-state index is 11.4. The van der Waals surface area contributed by atoms with Crippen LogP contribution in [0.2, 0.25) is 0 Å². The molecule has 1 unspecified atom stereocenters. The third-order valence-electron chi connectivity index (χ3n) is 3.18. The van der Waals surface area contributed by atoms with E-state index < -0.39 is 0 Å². The zero-order chi connectivity index (χ0) is 11.6. The predicted molar refractivity (Wildman–Crippen MR) is 65.3 cm³/mol.